The molecule has 0 spiro atoms. The number of hydrogen-bond acceptors (Lipinski definition) is 5. The Balaban J connectivity index is 1.71. The number of hydrogen-bond donors (Lipinski definition) is 2. The van der Waals surface area contributed by atoms with Crippen molar-refractivity contribution < 1.29 is 5.11 Å². The molecule has 0 bridgehead atoms. The standard InChI is InChI=1S/C18H24N4O2/c1-3-15-18(24)17(23)14(12-20-15)13(2)21-8-10-22(11-9-21)16-6-4-5-7-19-16/h4-7,12-13,24H,3,8-11H2,1-2H3,(H,20,23). The lowest BCUT2D eigenvalue weighted by Crippen LogP contribution is -2.48. The van der Waals surface area contributed by atoms with Gasteiger partial charge in [-0.25, -0.2) is 4.98 Å². The summed E-state index contributed by atoms with van der Waals surface area (Å²) in [5, 5.41) is 10.0. The molecular formula is C18H24N4O2. The molecule has 0 amide bonds. The molecule has 6 nitrogen and oxygen atoms in total. The Morgan fingerprint density at radius 1 is 1.29 bits per heavy atom. The number of piperazine rings is 1. The molecule has 3 heterocycles. The molecule has 128 valence electrons. The van der Waals surface area contributed by atoms with Crippen molar-refractivity contribution in [3.05, 3.63) is 52.1 Å². The normalized spacial score (nSPS) is 17.0. The average Bonchev–Trinajstić information content (AvgIpc) is 2.64. The zero-order valence-corrected chi connectivity index (χ0v) is 14.2. The summed E-state index contributed by atoms with van der Waals surface area (Å²) >= 11 is 0. The first-order valence-electron chi connectivity index (χ1n) is 8.45. The fraction of sp³-hybridized carbons (Fsp3) is 0.444. The summed E-state index contributed by atoms with van der Waals surface area (Å²) in [6.07, 6.45) is 4.16. The molecule has 0 radical (unpaired) electrons. The van der Waals surface area contributed by atoms with Gasteiger partial charge in [0, 0.05) is 50.2 Å². The predicted octanol–water partition coefficient (Wildman–Crippen LogP) is 1.92. The second-order valence-electron chi connectivity index (χ2n) is 6.14. The number of anilines is 1. The highest BCUT2D eigenvalue weighted by Gasteiger charge is 2.25. The van der Waals surface area contributed by atoms with Gasteiger partial charge in [-0.2, -0.15) is 0 Å². The van der Waals surface area contributed by atoms with Crippen LogP contribution in [0.25, 0.3) is 0 Å². The summed E-state index contributed by atoms with van der Waals surface area (Å²) in [7, 11) is 0. The molecule has 1 aliphatic heterocycles. The first-order valence-corrected chi connectivity index (χ1v) is 8.45. The van der Waals surface area contributed by atoms with E-state index < -0.39 is 0 Å². The average molecular weight is 328 g/mol. The molecule has 6 heteroatoms. The van der Waals surface area contributed by atoms with Crippen LogP contribution in [0.15, 0.2) is 35.4 Å². The second-order valence-corrected chi connectivity index (χ2v) is 6.14. The summed E-state index contributed by atoms with van der Waals surface area (Å²) in [5.41, 5.74) is 0.956. The van der Waals surface area contributed by atoms with E-state index in [0.29, 0.717) is 17.7 Å². The lowest BCUT2D eigenvalue weighted by molar-refractivity contribution is 0.196. The van der Waals surface area contributed by atoms with Crippen molar-refractivity contribution in [3.8, 4) is 5.75 Å². The van der Waals surface area contributed by atoms with Crippen LogP contribution in [0.2, 0.25) is 0 Å². The number of aromatic hydroxyl groups is 1. The lowest BCUT2D eigenvalue weighted by atomic mass is 10.1. The minimum Gasteiger partial charge on any atom is -0.503 e. The minimum absolute atomic E-state index is 0.0311. The third-order valence-electron chi connectivity index (χ3n) is 4.80. The van der Waals surface area contributed by atoms with E-state index in [2.05, 4.69) is 19.8 Å². The van der Waals surface area contributed by atoms with Crippen LogP contribution in [0, 0.1) is 0 Å². The zero-order valence-electron chi connectivity index (χ0n) is 14.2. The summed E-state index contributed by atoms with van der Waals surface area (Å²) < 4.78 is 0. The third-order valence-corrected chi connectivity index (χ3v) is 4.80. The number of aromatic amines is 1. The van der Waals surface area contributed by atoms with Crippen molar-refractivity contribution in [1.82, 2.24) is 14.9 Å². The van der Waals surface area contributed by atoms with Gasteiger partial charge in [0.05, 0.1) is 5.69 Å². The van der Waals surface area contributed by atoms with Crippen LogP contribution < -0.4 is 10.3 Å². The number of nitrogens with zero attached hydrogens (tertiary/aromatic N) is 3. The minimum atomic E-state index is -0.259. The van der Waals surface area contributed by atoms with Crippen molar-refractivity contribution >= 4 is 5.82 Å². The quantitative estimate of drug-likeness (QED) is 0.897. The monoisotopic (exact) mass is 328 g/mol. The van der Waals surface area contributed by atoms with Gasteiger partial charge in [0.15, 0.2) is 5.75 Å². The highest BCUT2D eigenvalue weighted by atomic mass is 16.3. The maximum Gasteiger partial charge on any atom is 0.228 e. The first kappa shape index (κ1) is 16.5. The topological polar surface area (TPSA) is 72.5 Å². The maximum absolute atomic E-state index is 12.4. The summed E-state index contributed by atoms with van der Waals surface area (Å²) in [4.78, 5) is 24.4. The van der Waals surface area contributed by atoms with E-state index in [1.807, 2.05) is 38.2 Å². The van der Waals surface area contributed by atoms with Gasteiger partial charge in [0.25, 0.3) is 0 Å². The molecule has 2 aromatic heterocycles. The number of pyridine rings is 2. The van der Waals surface area contributed by atoms with Gasteiger partial charge < -0.3 is 15.0 Å². The van der Waals surface area contributed by atoms with E-state index in [0.717, 1.165) is 32.0 Å². The van der Waals surface area contributed by atoms with E-state index >= 15 is 0 Å². The molecule has 1 atom stereocenters. The number of rotatable bonds is 4. The molecular weight excluding hydrogens is 304 g/mol. The third kappa shape index (κ3) is 3.14. The van der Waals surface area contributed by atoms with Crippen molar-refractivity contribution in [2.24, 2.45) is 0 Å². The Morgan fingerprint density at radius 3 is 2.67 bits per heavy atom. The Bertz CT molecular complexity index is 736. The first-order chi connectivity index (χ1) is 11.6. The lowest BCUT2D eigenvalue weighted by Gasteiger charge is -2.38. The summed E-state index contributed by atoms with van der Waals surface area (Å²) in [6.45, 7) is 7.38. The summed E-state index contributed by atoms with van der Waals surface area (Å²) in [5.74, 6) is 0.849. The van der Waals surface area contributed by atoms with E-state index in [9.17, 15) is 9.90 Å². The number of aromatic nitrogens is 2. The Morgan fingerprint density at radius 2 is 2.04 bits per heavy atom. The van der Waals surface area contributed by atoms with Crippen LogP contribution in [0.3, 0.4) is 0 Å². The Kier molecular flexibility index (Phi) is 4.85. The van der Waals surface area contributed by atoms with Crippen molar-refractivity contribution in [2.75, 3.05) is 31.1 Å². The molecule has 2 N–H and O–H groups in total. The van der Waals surface area contributed by atoms with Crippen LogP contribution in [-0.2, 0) is 6.42 Å². The SMILES string of the molecule is CCc1[nH]cc(C(C)N2CCN(c3ccccn3)CC2)c(=O)c1O. The van der Waals surface area contributed by atoms with Crippen LogP contribution in [-0.4, -0.2) is 46.2 Å². The van der Waals surface area contributed by atoms with Crippen LogP contribution >= 0.6 is 0 Å². The highest BCUT2D eigenvalue weighted by Crippen LogP contribution is 2.22. The van der Waals surface area contributed by atoms with Gasteiger partial charge in [-0.05, 0) is 25.5 Å². The largest absolute Gasteiger partial charge is 0.503 e. The molecule has 0 saturated carbocycles. The van der Waals surface area contributed by atoms with Gasteiger partial charge in [-0.3, -0.25) is 9.69 Å². The Hall–Kier alpha value is -2.34. The van der Waals surface area contributed by atoms with Gasteiger partial charge in [0.1, 0.15) is 5.82 Å². The van der Waals surface area contributed by atoms with Crippen LogP contribution in [0.1, 0.15) is 31.1 Å². The fourth-order valence-electron chi connectivity index (χ4n) is 3.23. The second kappa shape index (κ2) is 7.05. The fourth-order valence-corrected chi connectivity index (χ4v) is 3.23. The van der Waals surface area contributed by atoms with Crippen LogP contribution in [0.4, 0.5) is 5.82 Å². The molecule has 1 unspecified atom stereocenters. The highest BCUT2D eigenvalue weighted by molar-refractivity contribution is 5.38. The van der Waals surface area contributed by atoms with Gasteiger partial charge in [-0.15, -0.1) is 0 Å². The summed E-state index contributed by atoms with van der Waals surface area (Å²) in [6, 6.07) is 5.90. The van der Waals surface area contributed by atoms with E-state index in [1.165, 1.54) is 0 Å². The van der Waals surface area contributed by atoms with Crippen LogP contribution in [0.5, 0.6) is 5.75 Å². The van der Waals surface area contributed by atoms with E-state index in [1.54, 1.807) is 6.20 Å². The molecule has 1 fully saturated rings. The van der Waals surface area contributed by atoms with Gasteiger partial charge in [-0.1, -0.05) is 13.0 Å². The van der Waals surface area contributed by atoms with E-state index in [4.69, 9.17) is 0 Å². The van der Waals surface area contributed by atoms with Crippen molar-refractivity contribution in [2.45, 2.75) is 26.3 Å². The molecule has 24 heavy (non-hydrogen) atoms. The molecule has 0 aliphatic carbocycles. The van der Waals surface area contributed by atoms with E-state index in [-0.39, 0.29) is 17.2 Å². The Labute approximate surface area is 141 Å². The molecule has 0 aromatic carbocycles. The van der Waals surface area contributed by atoms with Gasteiger partial charge >= 0.3 is 0 Å². The predicted molar refractivity (Wildman–Crippen MR) is 94.5 cm³/mol. The zero-order chi connectivity index (χ0) is 17.1. The molecule has 1 aliphatic rings. The molecule has 3 rings (SSSR count). The molecule has 2 aromatic rings. The number of H-pyrrole nitrogens is 1. The smallest absolute Gasteiger partial charge is 0.228 e. The van der Waals surface area contributed by atoms with Crippen molar-refractivity contribution in [3.63, 3.8) is 0 Å². The van der Waals surface area contributed by atoms with Crippen molar-refractivity contribution in [1.29, 1.82) is 0 Å². The van der Waals surface area contributed by atoms with Gasteiger partial charge in [0.2, 0.25) is 5.43 Å². The number of nitrogens with one attached hydrogen (secondary N) is 1. The maximum atomic E-state index is 12.4. The molecule has 1 saturated heterocycles. The number of aryl methyl sites for hydroxylation is 1.